The third kappa shape index (κ3) is 1.72. The van der Waals surface area contributed by atoms with Crippen molar-refractivity contribution in [2.75, 3.05) is 26.2 Å². The molecule has 0 aromatic rings. The van der Waals surface area contributed by atoms with Gasteiger partial charge >= 0.3 is 5.97 Å². The highest BCUT2D eigenvalue weighted by molar-refractivity contribution is 5.89. The van der Waals surface area contributed by atoms with Gasteiger partial charge in [-0.1, -0.05) is 0 Å². The topological polar surface area (TPSA) is 69.6 Å². The lowest BCUT2D eigenvalue weighted by atomic mass is 10.2. The predicted molar refractivity (Wildman–Crippen MR) is 48.7 cm³/mol. The van der Waals surface area contributed by atoms with Gasteiger partial charge in [-0.05, 0) is 6.42 Å². The molecule has 1 heterocycles. The minimum absolute atomic E-state index is 0.0268. The Morgan fingerprint density at radius 1 is 1.21 bits per heavy atom. The maximum Gasteiger partial charge on any atom is 0.307 e. The Morgan fingerprint density at radius 3 is 2.36 bits per heavy atom. The standard InChI is InChI=1S/C9H14N2O3/c12-8(6-5-7(6)9(13)14)11-3-1-10-2-4-11/h6-7,10H,1-5H2,(H,13,14). The number of carboxylic acid groups (broad SMARTS) is 1. The molecule has 2 atom stereocenters. The van der Waals surface area contributed by atoms with E-state index in [-0.39, 0.29) is 11.8 Å². The average molecular weight is 198 g/mol. The van der Waals surface area contributed by atoms with Crippen LogP contribution in [0.25, 0.3) is 0 Å². The number of carbonyl (C=O) groups excluding carboxylic acids is 1. The van der Waals surface area contributed by atoms with Crippen LogP contribution in [-0.4, -0.2) is 48.1 Å². The lowest BCUT2D eigenvalue weighted by Crippen LogP contribution is -2.47. The first-order chi connectivity index (χ1) is 6.70. The number of aliphatic carboxylic acids is 1. The third-order valence-electron chi connectivity index (χ3n) is 2.85. The van der Waals surface area contributed by atoms with E-state index < -0.39 is 11.9 Å². The average Bonchev–Trinajstić information content (AvgIpc) is 2.97. The monoisotopic (exact) mass is 198 g/mol. The van der Waals surface area contributed by atoms with Crippen LogP contribution in [0.15, 0.2) is 0 Å². The highest BCUT2D eigenvalue weighted by atomic mass is 16.4. The zero-order valence-electron chi connectivity index (χ0n) is 7.90. The van der Waals surface area contributed by atoms with Gasteiger partial charge in [0.25, 0.3) is 0 Å². The summed E-state index contributed by atoms with van der Waals surface area (Å²) in [5.41, 5.74) is 0. The summed E-state index contributed by atoms with van der Waals surface area (Å²) in [5, 5.41) is 11.8. The number of nitrogens with zero attached hydrogens (tertiary/aromatic N) is 1. The Hall–Kier alpha value is -1.10. The molecule has 2 rings (SSSR count). The smallest absolute Gasteiger partial charge is 0.307 e. The van der Waals surface area contributed by atoms with Crippen molar-refractivity contribution in [1.29, 1.82) is 0 Å². The molecule has 1 aliphatic heterocycles. The van der Waals surface area contributed by atoms with Crippen molar-refractivity contribution in [3.05, 3.63) is 0 Å². The lowest BCUT2D eigenvalue weighted by molar-refractivity contribution is -0.142. The van der Waals surface area contributed by atoms with E-state index >= 15 is 0 Å². The molecule has 2 unspecified atom stereocenters. The molecule has 1 saturated carbocycles. The predicted octanol–water partition coefficient (Wildman–Crippen LogP) is -0.861. The van der Waals surface area contributed by atoms with Gasteiger partial charge < -0.3 is 15.3 Å². The number of hydrogen-bond acceptors (Lipinski definition) is 3. The summed E-state index contributed by atoms with van der Waals surface area (Å²) < 4.78 is 0. The molecule has 1 amide bonds. The second-order valence-electron chi connectivity index (χ2n) is 3.86. The third-order valence-corrected chi connectivity index (χ3v) is 2.85. The molecular weight excluding hydrogens is 184 g/mol. The molecule has 0 bridgehead atoms. The molecule has 2 fully saturated rings. The van der Waals surface area contributed by atoms with Gasteiger partial charge in [-0.15, -0.1) is 0 Å². The van der Waals surface area contributed by atoms with Crippen molar-refractivity contribution in [1.82, 2.24) is 10.2 Å². The fraction of sp³-hybridized carbons (Fsp3) is 0.778. The fourth-order valence-corrected chi connectivity index (χ4v) is 1.86. The van der Waals surface area contributed by atoms with Crippen LogP contribution in [0.5, 0.6) is 0 Å². The van der Waals surface area contributed by atoms with E-state index in [1.165, 1.54) is 0 Å². The highest BCUT2D eigenvalue weighted by Gasteiger charge is 2.49. The molecule has 5 heteroatoms. The van der Waals surface area contributed by atoms with Gasteiger partial charge in [0.1, 0.15) is 0 Å². The summed E-state index contributed by atoms with van der Waals surface area (Å²) in [6, 6.07) is 0. The largest absolute Gasteiger partial charge is 0.481 e. The fourth-order valence-electron chi connectivity index (χ4n) is 1.86. The number of carboxylic acids is 1. The number of rotatable bonds is 2. The summed E-state index contributed by atoms with van der Waals surface area (Å²) in [4.78, 5) is 24.1. The van der Waals surface area contributed by atoms with Crippen LogP contribution in [0.3, 0.4) is 0 Å². The number of amides is 1. The number of nitrogens with one attached hydrogen (secondary N) is 1. The SMILES string of the molecule is O=C(O)C1CC1C(=O)N1CCNCC1. The van der Waals surface area contributed by atoms with Crippen LogP contribution in [0.1, 0.15) is 6.42 Å². The Morgan fingerprint density at radius 2 is 1.86 bits per heavy atom. The highest BCUT2D eigenvalue weighted by Crippen LogP contribution is 2.40. The molecule has 1 aliphatic carbocycles. The zero-order valence-corrected chi connectivity index (χ0v) is 7.90. The maximum absolute atomic E-state index is 11.7. The molecule has 0 spiro atoms. The Kier molecular flexibility index (Phi) is 2.41. The van der Waals surface area contributed by atoms with Crippen LogP contribution >= 0.6 is 0 Å². The van der Waals surface area contributed by atoms with Crippen molar-refractivity contribution in [3.63, 3.8) is 0 Å². The summed E-state index contributed by atoms with van der Waals surface area (Å²) in [6.45, 7) is 3.05. The van der Waals surface area contributed by atoms with Crippen LogP contribution in [0.2, 0.25) is 0 Å². The number of hydrogen-bond donors (Lipinski definition) is 2. The minimum atomic E-state index is -0.835. The Bertz CT molecular complexity index is 261. The first kappa shape index (κ1) is 9.45. The minimum Gasteiger partial charge on any atom is -0.481 e. The van der Waals surface area contributed by atoms with Crippen molar-refractivity contribution in [2.45, 2.75) is 6.42 Å². The van der Waals surface area contributed by atoms with Crippen molar-refractivity contribution in [2.24, 2.45) is 11.8 Å². The van der Waals surface area contributed by atoms with Gasteiger partial charge in [0, 0.05) is 26.2 Å². The van der Waals surface area contributed by atoms with Gasteiger partial charge in [0.2, 0.25) is 5.91 Å². The van der Waals surface area contributed by atoms with Crippen LogP contribution in [0.4, 0.5) is 0 Å². The van der Waals surface area contributed by atoms with Crippen LogP contribution < -0.4 is 5.32 Å². The van der Waals surface area contributed by atoms with Gasteiger partial charge in [-0.2, -0.15) is 0 Å². The van der Waals surface area contributed by atoms with Crippen molar-refractivity contribution in [3.8, 4) is 0 Å². The molecule has 0 aromatic carbocycles. The molecule has 78 valence electrons. The summed E-state index contributed by atoms with van der Waals surface area (Å²) in [5.74, 6) is -1.47. The van der Waals surface area contributed by atoms with Crippen LogP contribution in [-0.2, 0) is 9.59 Å². The normalized spacial score (nSPS) is 31.3. The van der Waals surface area contributed by atoms with E-state index in [9.17, 15) is 9.59 Å². The molecule has 0 radical (unpaired) electrons. The first-order valence-corrected chi connectivity index (χ1v) is 4.92. The second-order valence-corrected chi connectivity index (χ2v) is 3.86. The van der Waals surface area contributed by atoms with E-state index in [4.69, 9.17) is 5.11 Å². The van der Waals surface area contributed by atoms with Crippen molar-refractivity contribution < 1.29 is 14.7 Å². The van der Waals surface area contributed by atoms with Gasteiger partial charge in [-0.3, -0.25) is 9.59 Å². The number of carbonyl (C=O) groups is 2. The summed E-state index contributed by atoms with van der Waals surface area (Å²) in [7, 11) is 0. The summed E-state index contributed by atoms with van der Waals surface area (Å²) >= 11 is 0. The van der Waals surface area contributed by atoms with Crippen LogP contribution in [0, 0.1) is 11.8 Å². The van der Waals surface area contributed by atoms with E-state index in [1.807, 2.05) is 0 Å². The second kappa shape index (κ2) is 3.57. The lowest BCUT2D eigenvalue weighted by Gasteiger charge is -2.27. The molecule has 2 aliphatic rings. The Balaban J connectivity index is 1.87. The molecular formula is C9H14N2O3. The molecule has 2 N–H and O–H groups in total. The van der Waals surface area contributed by atoms with Gasteiger partial charge in [0.05, 0.1) is 11.8 Å². The van der Waals surface area contributed by atoms with Gasteiger partial charge in [-0.25, -0.2) is 0 Å². The summed E-state index contributed by atoms with van der Waals surface area (Å²) in [6.07, 6.45) is 0.526. The van der Waals surface area contributed by atoms with E-state index in [2.05, 4.69) is 5.32 Å². The quantitative estimate of drug-likeness (QED) is 0.605. The molecule has 1 saturated heterocycles. The van der Waals surface area contributed by atoms with E-state index in [1.54, 1.807) is 4.90 Å². The van der Waals surface area contributed by atoms with E-state index in [0.29, 0.717) is 19.5 Å². The zero-order chi connectivity index (χ0) is 10.1. The number of piperazine rings is 1. The van der Waals surface area contributed by atoms with Gasteiger partial charge in [0.15, 0.2) is 0 Å². The molecule has 5 nitrogen and oxygen atoms in total. The first-order valence-electron chi connectivity index (χ1n) is 4.92. The molecule has 0 aromatic heterocycles. The van der Waals surface area contributed by atoms with E-state index in [0.717, 1.165) is 13.1 Å². The molecule has 14 heavy (non-hydrogen) atoms. The maximum atomic E-state index is 11.7. The Labute approximate surface area is 82.1 Å². The van der Waals surface area contributed by atoms with Crippen molar-refractivity contribution >= 4 is 11.9 Å².